The minimum Gasteiger partial charge on any atom is -0.308 e. The topological polar surface area (TPSA) is 47.7 Å². The third-order valence-corrected chi connectivity index (χ3v) is 3.36. The van der Waals surface area contributed by atoms with Crippen molar-refractivity contribution in [1.29, 1.82) is 0 Å². The van der Waals surface area contributed by atoms with E-state index in [9.17, 15) is 0 Å². The number of nitrogens with zero attached hydrogens (tertiary/aromatic N) is 4. The van der Waals surface area contributed by atoms with E-state index in [-0.39, 0.29) is 0 Å². The normalized spacial score (nSPS) is 15.2. The van der Waals surface area contributed by atoms with Crippen LogP contribution in [0.15, 0.2) is 18.3 Å². The average Bonchev–Trinajstić information content (AvgIpc) is 2.97. The number of hydrogen-bond acceptors (Lipinski definition) is 3. The highest BCUT2D eigenvalue weighted by Crippen LogP contribution is 2.19. The van der Waals surface area contributed by atoms with Crippen LogP contribution in [-0.4, -0.2) is 25.6 Å². The van der Waals surface area contributed by atoms with Crippen LogP contribution >= 0.6 is 0 Å². The lowest BCUT2D eigenvalue weighted by Crippen LogP contribution is -2.19. The predicted molar refractivity (Wildman–Crippen MR) is 69.1 cm³/mol. The summed E-state index contributed by atoms with van der Waals surface area (Å²) in [6.45, 7) is 3.70. The van der Waals surface area contributed by atoms with Gasteiger partial charge in [0.1, 0.15) is 0 Å². The van der Waals surface area contributed by atoms with Crippen molar-refractivity contribution in [3.8, 4) is 0 Å². The molecule has 2 aromatic rings. The molecule has 0 saturated heterocycles. The smallest absolute Gasteiger partial charge is 0.0831 e. The Morgan fingerprint density at radius 3 is 2.89 bits per heavy atom. The summed E-state index contributed by atoms with van der Waals surface area (Å²) in [5, 5.41) is 12.3. The summed E-state index contributed by atoms with van der Waals surface area (Å²) in [6, 6.07) is 4.92. The van der Waals surface area contributed by atoms with E-state index in [0.29, 0.717) is 0 Å². The minimum absolute atomic E-state index is 0.729. The Morgan fingerprint density at radius 1 is 1.39 bits per heavy atom. The van der Waals surface area contributed by atoms with E-state index >= 15 is 0 Å². The molecule has 2 heterocycles. The fraction of sp³-hybridized carbons (Fsp3) is 0.538. The molecule has 18 heavy (non-hydrogen) atoms. The van der Waals surface area contributed by atoms with E-state index in [1.54, 1.807) is 0 Å². The number of aromatic nitrogens is 4. The van der Waals surface area contributed by atoms with Crippen molar-refractivity contribution >= 4 is 0 Å². The maximum absolute atomic E-state index is 4.40. The first-order valence-electron chi connectivity index (χ1n) is 6.46. The molecule has 1 saturated carbocycles. The van der Waals surface area contributed by atoms with E-state index in [4.69, 9.17) is 0 Å². The first-order valence-corrected chi connectivity index (χ1v) is 6.46. The predicted octanol–water partition coefficient (Wildman–Crippen LogP) is 1.23. The second kappa shape index (κ2) is 4.57. The minimum atomic E-state index is 0.729. The van der Waals surface area contributed by atoms with Gasteiger partial charge in [0, 0.05) is 25.8 Å². The third-order valence-electron chi connectivity index (χ3n) is 3.36. The maximum atomic E-state index is 4.40. The summed E-state index contributed by atoms with van der Waals surface area (Å²) < 4.78 is 3.97. The Bertz CT molecular complexity index is 535. The first kappa shape index (κ1) is 11.5. The standard InChI is InChI=1S/C13H19N5/c1-10-7-13(17(2)16-10)9-18-12(5-6-15-18)8-14-11-3-4-11/h5-7,11,14H,3-4,8-9H2,1-2H3. The van der Waals surface area contributed by atoms with Gasteiger partial charge in [-0.05, 0) is 31.9 Å². The highest BCUT2D eigenvalue weighted by atomic mass is 15.3. The van der Waals surface area contributed by atoms with Gasteiger partial charge in [-0.15, -0.1) is 0 Å². The lowest BCUT2D eigenvalue weighted by Gasteiger charge is -2.08. The molecule has 5 heteroatoms. The molecule has 0 radical (unpaired) electrons. The van der Waals surface area contributed by atoms with Crippen molar-refractivity contribution in [2.24, 2.45) is 7.05 Å². The molecule has 96 valence electrons. The van der Waals surface area contributed by atoms with Gasteiger partial charge >= 0.3 is 0 Å². The molecular weight excluding hydrogens is 226 g/mol. The van der Waals surface area contributed by atoms with Crippen LogP contribution in [0.25, 0.3) is 0 Å². The third kappa shape index (κ3) is 2.46. The molecule has 0 spiro atoms. The van der Waals surface area contributed by atoms with Crippen LogP contribution in [0.4, 0.5) is 0 Å². The summed E-state index contributed by atoms with van der Waals surface area (Å²) in [6.07, 6.45) is 4.50. The van der Waals surface area contributed by atoms with Crippen molar-refractivity contribution in [3.63, 3.8) is 0 Å². The Kier molecular flexibility index (Phi) is 2.91. The molecule has 1 aliphatic carbocycles. The van der Waals surface area contributed by atoms with Gasteiger partial charge < -0.3 is 5.32 Å². The maximum Gasteiger partial charge on any atom is 0.0831 e. The molecule has 3 rings (SSSR count). The molecule has 1 N–H and O–H groups in total. The van der Waals surface area contributed by atoms with Gasteiger partial charge in [0.25, 0.3) is 0 Å². The largest absolute Gasteiger partial charge is 0.308 e. The molecule has 0 atom stereocenters. The summed E-state index contributed by atoms with van der Waals surface area (Å²) in [5.41, 5.74) is 3.47. The molecule has 5 nitrogen and oxygen atoms in total. The fourth-order valence-electron chi connectivity index (χ4n) is 2.15. The molecular formula is C13H19N5. The summed E-state index contributed by atoms with van der Waals surface area (Å²) in [7, 11) is 1.98. The Balaban J connectivity index is 1.71. The van der Waals surface area contributed by atoms with Gasteiger partial charge in [0.2, 0.25) is 0 Å². The van der Waals surface area contributed by atoms with E-state index < -0.39 is 0 Å². The van der Waals surface area contributed by atoms with Crippen molar-refractivity contribution in [3.05, 3.63) is 35.4 Å². The van der Waals surface area contributed by atoms with Crippen LogP contribution in [0.5, 0.6) is 0 Å². The van der Waals surface area contributed by atoms with Gasteiger partial charge in [0.05, 0.1) is 23.6 Å². The van der Waals surface area contributed by atoms with Crippen LogP contribution in [0.2, 0.25) is 0 Å². The van der Waals surface area contributed by atoms with Crippen molar-refractivity contribution in [1.82, 2.24) is 24.9 Å². The van der Waals surface area contributed by atoms with Crippen LogP contribution in [0.3, 0.4) is 0 Å². The zero-order valence-electron chi connectivity index (χ0n) is 10.9. The molecule has 1 aliphatic rings. The second-order valence-corrected chi connectivity index (χ2v) is 5.04. The molecule has 0 amide bonds. The quantitative estimate of drug-likeness (QED) is 0.861. The van der Waals surface area contributed by atoms with Crippen LogP contribution in [0, 0.1) is 6.92 Å². The van der Waals surface area contributed by atoms with E-state index in [0.717, 1.165) is 24.8 Å². The van der Waals surface area contributed by atoms with Crippen molar-refractivity contribution in [2.45, 2.75) is 38.9 Å². The van der Waals surface area contributed by atoms with Gasteiger partial charge in [-0.25, -0.2) is 0 Å². The van der Waals surface area contributed by atoms with Gasteiger partial charge in [-0.1, -0.05) is 0 Å². The monoisotopic (exact) mass is 245 g/mol. The van der Waals surface area contributed by atoms with Gasteiger partial charge in [-0.2, -0.15) is 10.2 Å². The van der Waals surface area contributed by atoms with E-state index in [1.165, 1.54) is 24.2 Å². The highest BCUT2D eigenvalue weighted by Gasteiger charge is 2.20. The summed E-state index contributed by atoms with van der Waals surface area (Å²) in [4.78, 5) is 0. The Morgan fingerprint density at radius 2 is 2.22 bits per heavy atom. The zero-order chi connectivity index (χ0) is 12.5. The fourth-order valence-corrected chi connectivity index (χ4v) is 2.15. The van der Waals surface area contributed by atoms with Crippen molar-refractivity contribution < 1.29 is 0 Å². The first-order chi connectivity index (χ1) is 8.72. The lowest BCUT2D eigenvalue weighted by atomic mass is 10.3. The van der Waals surface area contributed by atoms with Crippen LogP contribution in [-0.2, 0) is 20.1 Å². The number of aryl methyl sites for hydroxylation is 2. The SMILES string of the molecule is Cc1cc(Cn2nccc2CNC2CC2)n(C)n1. The highest BCUT2D eigenvalue weighted by molar-refractivity contribution is 5.11. The number of hydrogen-bond donors (Lipinski definition) is 1. The molecule has 0 bridgehead atoms. The summed E-state index contributed by atoms with van der Waals surface area (Å²) >= 11 is 0. The zero-order valence-corrected chi connectivity index (χ0v) is 10.9. The van der Waals surface area contributed by atoms with Crippen LogP contribution < -0.4 is 5.32 Å². The van der Waals surface area contributed by atoms with Gasteiger partial charge in [-0.3, -0.25) is 9.36 Å². The second-order valence-electron chi connectivity index (χ2n) is 5.04. The Labute approximate surface area is 107 Å². The average molecular weight is 245 g/mol. The molecule has 1 fully saturated rings. The number of rotatable bonds is 5. The summed E-state index contributed by atoms with van der Waals surface area (Å²) in [5.74, 6) is 0. The molecule has 0 unspecified atom stereocenters. The van der Waals surface area contributed by atoms with Crippen LogP contribution in [0.1, 0.15) is 29.9 Å². The Hall–Kier alpha value is -1.62. The number of nitrogens with one attached hydrogen (secondary N) is 1. The van der Waals surface area contributed by atoms with Crippen molar-refractivity contribution in [2.75, 3.05) is 0 Å². The molecule has 0 aliphatic heterocycles. The molecule has 2 aromatic heterocycles. The van der Waals surface area contributed by atoms with E-state index in [1.807, 2.05) is 29.5 Å². The van der Waals surface area contributed by atoms with E-state index in [2.05, 4.69) is 27.6 Å². The lowest BCUT2D eigenvalue weighted by molar-refractivity contribution is 0.568. The van der Waals surface area contributed by atoms with Gasteiger partial charge in [0.15, 0.2) is 0 Å². The molecule has 0 aromatic carbocycles.